The van der Waals surface area contributed by atoms with Crippen LogP contribution >= 0.6 is 0 Å². The Morgan fingerprint density at radius 3 is 2.83 bits per heavy atom. The summed E-state index contributed by atoms with van der Waals surface area (Å²) in [6.45, 7) is 0.607. The third-order valence-electron chi connectivity index (χ3n) is 2.28. The van der Waals surface area contributed by atoms with Gasteiger partial charge in [0.15, 0.2) is 5.82 Å². The van der Waals surface area contributed by atoms with Crippen molar-refractivity contribution in [2.24, 2.45) is 5.73 Å². The fraction of sp³-hybridized carbons (Fsp3) is 0.364. The lowest BCUT2D eigenvalue weighted by molar-refractivity contribution is 0.357. The first kappa shape index (κ1) is 12.6. The van der Waals surface area contributed by atoms with E-state index in [0.717, 1.165) is 6.20 Å². The monoisotopic (exact) mass is 251 g/mol. The molecule has 1 unspecified atom stereocenters. The number of likely N-dealkylation sites (N-methyl/N-ethyl adjacent to an activating group) is 1. The van der Waals surface area contributed by atoms with E-state index in [0.29, 0.717) is 18.1 Å². The molecule has 6 nitrogen and oxygen atoms in total. The molecule has 1 atom stereocenters. The fourth-order valence-corrected chi connectivity index (χ4v) is 1.47. The van der Waals surface area contributed by atoms with Gasteiger partial charge in [-0.05, 0) is 26.2 Å². The van der Waals surface area contributed by atoms with Gasteiger partial charge in [0.2, 0.25) is 0 Å². The number of hydrogen-bond donors (Lipinski definition) is 1. The average Bonchev–Trinajstić information content (AvgIpc) is 2.78. The van der Waals surface area contributed by atoms with Gasteiger partial charge in [0.25, 0.3) is 5.89 Å². The summed E-state index contributed by atoms with van der Waals surface area (Å²) < 4.78 is 17.8. The van der Waals surface area contributed by atoms with Gasteiger partial charge in [-0.1, -0.05) is 5.16 Å². The molecule has 0 saturated carbocycles. The molecule has 2 N–H and O–H groups in total. The second kappa shape index (κ2) is 5.19. The van der Waals surface area contributed by atoms with E-state index in [-0.39, 0.29) is 11.9 Å². The van der Waals surface area contributed by atoms with Gasteiger partial charge < -0.3 is 15.2 Å². The molecule has 0 spiro atoms. The maximum absolute atomic E-state index is 12.7. The highest BCUT2D eigenvalue weighted by molar-refractivity contribution is 5.45. The Hall–Kier alpha value is -1.86. The summed E-state index contributed by atoms with van der Waals surface area (Å²) >= 11 is 0. The van der Waals surface area contributed by atoms with Crippen LogP contribution in [0.25, 0.3) is 11.6 Å². The van der Waals surface area contributed by atoms with Crippen molar-refractivity contribution in [2.45, 2.75) is 6.04 Å². The van der Waals surface area contributed by atoms with Gasteiger partial charge in [0.05, 0.1) is 12.2 Å². The minimum Gasteiger partial charge on any atom is -0.332 e. The fourth-order valence-electron chi connectivity index (χ4n) is 1.47. The maximum atomic E-state index is 12.7. The Labute approximate surface area is 104 Å². The number of nitrogens with zero attached hydrogens (tertiary/aromatic N) is 4. The molecule has 0 fully saturated rings. The number of rotatable bonds is 4. The molecule has 0 amide bonds. The maximum Gasteiger partial charge on any atom is 0.276 e. The van der Waals surface area contributed by atoms with Crippen molar-refractivity contribution in [1.29, 1.82) is 0 Å². The number of hydrogen-bond acceptors (Lipinski definition) is 6. The van der Waals surface area contributed by atoms with E-state index in [1.54, 1.807) is 0 Å². The highest BCUT2D eigenvalue weighted by atomic mass is 19.1. The molecule has 2 aromatic rings. The first-order valence-corrected chi connectivity index (χ1v) is 5.42. The summed E-state index contributed by atoms with van der Waals surface area (Å²) in [5.74, 6) is 0.229. The van der Waals surface area contributed by atoms with Crippen molar-refractivity contribution in [3.63, 3.8) is 0 Å². The predicted molar refractivity (Wildman–Crippen MR) is 63.0 cm³/mol. The summed E-state index contributed by atoms with van der Waals surface area (Å²) in [6, 6.07) is 2.42. The zero-order valence-corrected chi connectivity index (χ0v) is 10.2. The Balaban J connectivity index is 2.17. The van der Waals surface area contributed by atoms with Crippen molar-refractivity contribution >= 4 is 0 Å². The molecule has 0 saturated heterocycles. The van der Waals surface area contributed by atoms with Crippen LogP contribution in [-0.2, 0) is 0 Å². The molecule has 0 bridgehead atoms. The van der Waals surface area contributed by atoms with E-state index in [1.165, 1.54) is 12.1 Å². The van der Waals surface area contributed by atoms with Crippen LogP contribution in [0.4, 0.5) is 4.39 Å². The highest BCUT2D eigenvalue weighted by Crippen LogP contribution is 2.16. The summed E-state index contributed by atoms with van der Waals surface area (Å²) in [5, 5.41) is 3.80. The standard InChI is InChI=1S/C11H14FN5O/c1-17(2)6-8(13)10-15-11(18-16-10)9-4-3-7(12)5-14-9/h3-5,8H,6,13H2,1-2H3. The van der Waals surface area contributed by atoms with Gasteiger partial charge in [0, 0.05) is 6.54 Å². The van der Waals surface area contributed by atoms with Gasteiger partial charge in [-0.3, -0.25) is 0 Å². The van der Waals surface area contributed by atoms with E-state index in [9.17, 15) is 4.39 Å². The number of aromatic nitrogens is 3. The van der Waals surface area contributed by atoms with Crippen molar-refractivity contribution in [3.05, 3.63) is 30.0 Å². The third kappa shape index (κ3) is 2.88. The molecule has 2 heterocycles. The van der Waals surface area contributed by atoms with E-state index in [1.807, 2.05) is 19.0 Å². The van der Waals surface area contributed by atoms with Gasteiger partial charge >= 0.3 is 0 Å². The molecule has 2 aromatic heterocycles. The summed E-state index contributed by atoms with van der Waals surface area (Å²) in [6.07, 6.45) is 1.10. The lowest BCUT2D eigenvalue weighted by Crippen LogP contribution is -2.26. The van der Waals surface area contributed by atoms with Crippen LogP contribution in [0.15, 0.2) is 22.9 Å². The van der Waals surface area contributed by atoms with Crippen LogP contribution < -0.4 is 5.73 Å². The van der Waals surface area contributed by atoms with Gasteiger partial charge in [0.1, 0.15) is 11.5 Å². The predicted octanol–water partition coefficient (Wildman–Crippen LogP) is 0.832. The van der Waals surface area contributed by atoms with Gasteiger partial charge in [-0.25, -0.2) is 9.37 Å². The molecule has 0 aliphatic rings. The molecule has 0 aliphatic carbocycles. The molecule has 96 valence electrons. The average molecular weight is 251 g/mol. The summed E-state index contributed by atoms with van der Waals surface area (Å²) in [7, 11) is 3.81. The Kier molecular flexibility index (Phi) is 3.63. The van der Waals surface area contributed by atoms with Gasteiger partial charge in [-0.2, -0.15) is 4.98 Å². The van der Waals surface area contributed by atoms with Crippen LogP contribution in [0.1, 0.15) is 11.9 Å². The van der Waals surface area contributed by atoms with E-state index >= 15 is 0 Å². The topological polar surface area (TPSA) is 81.1 Å². The Morgan fingerprint density at radius 2 is 2.22 bits per heavy atom. The van der Waals surface area contributed by atoms with Crippen LogP contribution in [0.2, 0.25) is 0 Å². The zero-order valence-electron chi connectivity index (χ0n) is 10.2. The minimum absolute atomic E-state index is 0.235. The van der Waals surface area contributed by atoms with Crippen molar-refractivity contribution in [2.75, 3.05) is 20.6 Å². The highest BCUT2D eigenvalue weighted by Gasteiger charge is 2.16. The van der Waals surface area contributed by atoms with E-state index in [2.05, 4.69) is 15.1 Å². The van der Waals surface area contributed by atoms with Crippen LogP contribution in [0.3, 0.4) is 0 Å². The lowest BCUT2D eigenvalue weighted by atomic mass is 10.3. The third-order valence-corrected chi connectivity index (χ3v) is 2.28. The van der Waals surface area contributed by atoms with Crippen LogP contribution in [0, 0.1) is 5.82 Å². The molecule has 2 rings (SSSR count). The molecule has 0 aromatic carbocycles. The molecular formula is C11H14FN5O. The van der Waals surface area contributed by atoms with Crippen LogP contribution in [-0.4, -0.2) is 40.7 Å². The molecule has 0 aliphatic heterocycles. The zero-order chi connectivity index (χ0) is 13.1. The normalized spacial score (nSPS) is 12.9. The first-order valence-electron chi connectivity index (χ1n) is 5.42. The molecule has 18 heavy (non-hydrogen) atoms. The number of halogens is 1. The second-order valence-electron chi connectivity index (χ2n) is 4.19. The molecule has 0 radical (unpaired) electrons. The number of nitrogens with two attached hydrogens (primary N) is 1. The summed E-state index contributed by atoms with van der Waals surface area (Å²) in [5.41, 5.74) is 6.33. The Bertz CT molecular complexity index is 510. The molecule has 7 heteroatoms. The van der Waals surface area contributed by atoms with E-state index < -0.39 is 5.82 Å². The molecular weight excluding hydrogens is 237 g/mol. The smallest absolute Gasteiger partial charge is 0.276 e. The lowest BCUT2D eigenvalue weighted by Gasteiger charge is -2.12. The minimum atomic E-state index is -0.414. The van der Waals surface area contributed by atoms with Crippen molar-refractivity contribution < 1.29 is 8.91 Å². The van der Waals surface area contributed by atoms with E-state index in [4.69, 9.17) is 10.3 Å². The van der Waals surface area contributed by atoms with Crippen LogP contribution in [0.5, 0.6) is 0 Å². The van der Waals surface area contributed by atoms with Crippen molar-refractivity contribution in [1.82, 2.24) is 20.0 Å². The summed E-state index contributed by atoms with van der Waals surface area (Å²) in [4.78, 5) is 9.94. The largest absolute Gasteiger partial charge is 0.332 e. The first-order chi connectivity index (χ1) is 8.56. The second-order valence-corrected chi connectivity index (χ2v) is 4.19. The van der Waals surface area contributed by atoms with Crippen molar-refractivity contribution in [3.8, 4) is 11.6 Å². The number of pyridine rings is 1. The SMILES string of the molecule is CN(C)CC(N)c1noc(-c2ccc(F)cn2)n1. The van der Waals surface area contributed by atoms with Gasteiger partial charge in [-0.15, -0.1) is 0 Å². The Morgan fingerprint density at radius 1 is 1.44 bits per heavy atom. The quantitative estimate of drug-likeness (QED) is 0.866.